The van der Waals surface area contributed by atoms with Gasteiger partial charge in [0.15, 0.2) is 0 Å². The van der Waals surface area contributed by atoms with E-state index < -0.39 is 0 Å². The second kappa shape index (κ2) is 4.94. The summed E-state index contributed by atoms with van der Waals surface area (Å²) in [5.74, 6) is -0.351. The molecule has 1 amide bonds. The van der Waals surface area contributed by atoms with Gasteiger partial charge in [0.05, 0.1) is 6.10 Å². The SMILES string of the molecule is CC1(NC(=O)c2ccc[nH]c2=O)CCC(O)CC1. The van der Waals surface area contributed by atoms with Crippen LogP contribution in [-0.2, 0) is 0 Å². The van der Waals surface area contributed by atoms with E-state index in [9.17, 15) is 14.7 Å². The molecule has 0 atom stereocenters. The molecule has 1 aliphatic rings. The lowest BCUT2D eigenvalue weighted by Crippen LogP contribution is -2.49. The van der Waals surface area contributed by atoms with Gasteiger partial charge in [-0.15, -0.1) is 0 Å². The first-order chi connectivity index (χ1) is 8.50. The fourth-order valence-corrected chi connectivity index (χ4v) is 2.31. The molecule has 2 rings (SSSR count). The third kappa shape index (κ3) is 2.79. The van der Waals surface area contributed by atoms with Crippen molar-refractivity contribution in [3.8, 4) is 0 Å². The van der Waals surface area contributed by atoms with Gasteiger partial charge in [-0.05, 0) is 44.7 Å². The molecule has 1 heterocycles. The molecule has 18 heavy (non-hydrogen) atoms. The molecule has 0 saturated heterocycles. The summed E-state index contributed by atoms with van der Waals surface area (Å²) in [6.45, 7) is 1.95. The molecule has 1 fully saturated rings. The number of aliphatic hydroxyl groups excluding tert-OH is 1. The van der Waals surface area contributed by atoms with Crippen LogP contribution in [0.15, 0.2) is 23.1 Å². The van der Waals surface area contributed by atoms with E-state index in [2.05, 4.69) is 10.3 Å². The lowest BCUT2D eigenvalue weighted by Gasteiger charge is -2.36. The van der Waals surface area contributed by atoms with Gasteiger partial charge in [-0.2, -0.15) is 0 Å². The lowest BCUT2D eigenvalue weighted by molar-refractivity contribution is 0.0724. The number of hydrogen-bond acceptors (Lipinski definition) is 3. The molecule has 0 aliphatic heterocycles. The third-order valence-electron chi connectivity index (χ3n) is 3.54. The number of aromatic nitrogens is 1. The Morgan fingerprint density at radius 3 is 2.78 bits per heavy atom. The molecule has 0 bridgehead atoms. The van der Waals surface area contributed by atoms with Crippen LogP contribution in [0.2, 0.25) is 0 Å². The van der Waals surface area contributed by atoms with Crippen LogP contribution in [0.3, 0.4) is 0 Å². The minimum absolute atomic E-state index is 0.129. The summed E-state index contributed by atoms with van der Waals surface area (Å²) in [4.78, 5) is 26.0. The van der Waals surface area contributed by atoms with Crippen LogP contribution < -0.4 is 10.9 Å². The number of nitrogens with one attached hydrogen (secondary N) is 2. The van der Waals surface area contributed by atoms with Crippen molar-refractivity contribution in [2.24, 2.45) is 0 Å². The van der Waals surface area contributed by atoms with Crippen molar-refractivity contribution >= 4 is 5.91 Å². The summed E-state index contributed by atoms with van der Waals surface area (Å²) in [6.07, 6.45) is 4.05. The molecular formula is C13H18N2O3. The number of carbonyl (C=O) groups excluding carboxylic acids is 1. The van der Waals surface area contributed by atoms with Crippen LogP contribution in [-0.4, -0.2) is 27.6 Å². The number of H-pyrrole nitrogens is 1. The van der Waals surface area contributed by atoms with Crippen molar-refractivity contribution in [1.82, 2.24) is 10.3 Å². The lowest BCUT2D eigenvalue weighted by atomic mass is 9.82. The highest BCUT2D eigenvalue weighted by Crippen LogP contribution is 2.28. The minimum Gasteiger partial charge on any atom is -0.393 e. The zero-order valence-electron chi connectivity index (χ0n) is 10.4. The first-order valence-corrected chi connectivity index (χ1v) is 6.18. The van der Waals surface area contributed by atoms with E-state index in [1.54, 1.807) is 6.07 Å². The first kappa shape index (κ1) is 12.8. The minimum atomic E-state index is -0.380. The molecule has 0 spiro atoms. The maximum atomic E-state index is 12.0. The average molecular weight is 250 g/mol. The maximum Gasteiger partial charge on any atom is 0.260 e. The molecule has 1 saturated carbocycles. The Morgan fingerprint density at radius 2 is 2.17 bits per heavy atom. The molecule has 0 unspecified atom stereocenters. The van der Waals surface area contributed by atoms with Gasteiger partial charge in [0, 0.05) is 11.7 Å². The van der Waals surface area contributed by atoms with Crippen LogP contribution in [0.5, 0.6) is 0 Å². The Labute approximate surface area is 105 Å². The van der Waals surface area contributed by atoms with Crippen molar-refractivity contribution in [3.05, 3.63) is 34.2 Å². The quantitative estimate of drug-likeness (QED) is 0.726. The predicted octanol–water partition coefficient (Wildman–Crippen LogP) is 0.798. The van der Waals surface area contributed by atoms with Crippen molar-refractivity contribution in [1.29, 1.82) is 0 Å². The zero-order chi connectivity index (χ0) is 13.2. The van der Waals surface area contributed by atoms with Gasteiger partial charge in [-0.1, -0.05) is 0 Å². The summed E-state index contributed by atoms with van der Waals surface area (Å²) in [5, 5.41) is 12.4. The molecule has 98 valence electrons. The smallest absolute Gasteiger partial charge is 0.260 e. The van der Waals surface area contributed by atoms with Crippen molar-refractivity contribution in [3.63, 3.8) is 0 Å². The van der Waals surface area contributed by atoms with Gasteiger partial charge in [0.2, 0.25) is 0 Å². The van der Waals surface area contributed by atoms with Gasteiger partial charge in [0.25, 0.3) is 11.5 Å². The van der Waals surface area contributed by atoms with E-state index in [-0.39, 0.29) is 28.7 Å². The van der Waals surface area contributed by atoms with E-state index in [1.807, 2.05) is 6.92 Å². The molecule has 3 N–H and O–H groups in total. The van der Waals surface area contributed by atoms with E-state index in [4.69, 9.17) is 0 Å². The normalized spacial score (nSPS) is 27.8. The van der Waals surface area contributed by atoms with Crippen LogP contribution in [0, 0.1) is 0 Å². The number of rotatable bonds is 2. The Bertz CT molecular complexity index is 487. The molecule has 1 aliphatic carbocycles. The van der Waals surface area contributed by atoms with E-state index in [1.165, 1.54) is 12.3 Å². The summed E-state index contributed by atoms with van der Waals surface area (Å²) in [7, 11) is 0. The topological polar surface area (TPSA) is 82.2 Å². The Kier molecular flexibility index (Phi) is 3.52. The Morgan fingerprint density at radius 1 is 1.50 bits per heavy atom. The summed E-state index contributed by atoms with van der Waals surface area (Å²) in [5.41, 5.74) is -0.585. The third-order valence-corrected chi connectivity index (χ3v) is 3.54. The number of amides is 1. The molecule has 5 nitrogen and oxygen atoms in total. The number of aliphatic hydroxyl groups is 1. The van der Waals surface area contributed by atoms with E-state index in [0.29, 0.717) is 12.8 Å². The standard InChI is InChI=1S/C13H18N2O3/c1-13(6-4-9(16)5-7-13)15-12(18)10-3-2-8-14-11(10)17/h2-3,8-9,16H,4-7H2,1H3,(H,14,17)(H,15,18). The van der Waals surface area contributed by atoms with Gasteiger partial charge in [-0.3, -0.25) is 9.59 Å². The van der Waals surface area contributed by atoms with Gasteiger partial charge in [-0.25, -0.2) is 0 Å². The monoisotopic (exact) mass is 250 g/mol. The molecule has 0 aromatic carbocycles. The average Bonchev–Trinajstić information content (AvgIpc) is 2.34. The second-order valence-corrected chi connectivity index (χ2v) is 5.16. The highest BCUT2D eigenvalue weighted by Gasteiger charge is 2.32. The largest absolute Gasteiger partial charge is 0.393 e. The first-order valence-electron chi connectivity index (χ1n) is 6.18. The molecule has 1 aromatic heterocycles. The molecule has 0 radical (unpaired) electrons. The van der Waals surface area contributed by atoms with Crippen LogP contribution >= 0.6 is 0 Å². The van der Waals surface area contributed by atoms with Crippen LogP contribution in [0.4, 0.5) is 0 Å². The van der Waals surface area contributed by atoms with E-state index >= 15 is 0 Å². The predicted molar refractivity (Wildman–Crippen MR) is 67.4 cm³/mol. The summed E-state index contributed by atoms with van der Waals surface area (Å²) in [6, 6.07) is 3.14. The Balaban J connectivity index is 2.08. The molecule has 1 aromatic rings. The number of aromatic amines is 1. The molecule has 5 heteroatoms. The van der Waals surface area contributed by atoms with Gasteiger partial charge < -0.3 is 15.4 Å². The van der Waals surface area contributed by atoms with Gasteiger partial charge in [0.1, 0.15) is 5.56 Å². The highest BCUT2D eigenvalue weighted by atomic mass is 16.3. The second-order valence-electron chi connectivity index (χ2n) is 5.16. The number of hydrogen-bond donors (Lipinski definition) is 3. The van der Waals surface area contributed by atoms with Crippen molar-refractivity contribution in [2.45, 2.75) is 44.2 Å². The van der Waals surface area contributed by atoms with Crippen LogP contribution in [0.1, 0.15) is 43.0 Å². The van der Waals surface area contributed by atoms with Crippen molar-refractivity contribution < 1.29 is 9.90 Å². The van der Waals surface area contributed by atoms with E-state index in [0.717, 1.165) is 12.8 Å². The number of carbonyl (C=O) groups is 1. The highest BCUT2D eigenvalue weighted by molar-refractivity contribution is 5.94. The summed E-state index contributed by atoms with van der Waals surface area (Å²) < 4.78 is 0. The Hall–Kier alpha value is -1.62. The fraction of sp³-hybridized carbons (Fsp3) is 0.538. The van der Waals surface area contributed by atoms with Crippen molar-refractivity contribution in [2.75, 3.05) is 0 Å². The fourth-order valence-electron chi connectivity index (χ4n) is 2.31. The maximum absolute atomic E-state index is 12.0. The van der Waals surface area contributed by atoms with Crippen LogP contribution in [0.25, 0.3) is 0 Å². The zero-order valence-corrected chi connectivity index (χ0v) is 10.4. The molecular weight excluding hydrogens is 232 g/mol. The number of pyridine rings is 1. The van der Waals surface area contributed by atoms with Gasteiger partial charge >= 0.3 is 0 Å². The summed E-state index contributed by atoms with van der Waals surface area (Å²) >= 11 is 0.